The van der Waals surface area contributed by atoms with Crippen molar-refractivity contribution < 1.29 is 18.3 Å². The molecule has 0 aliphatic heterocycles. The summed E-state index contributed by atoms with van der Waals surface area (Å²) in [5, 5.41) is 17.8. The van der Waals surface area contributed by atoms with E-state index in [-0.39, 0.29) is 5.56 Å². The first-order valence-corrected chi connectivity index (χ1v) is 4.13. The standard InChI is InChI=1S/C10H8F3NO/c11-10(12,13)9(15,6-7-14)8-4-2-1-3-5-8/h1-5,15H,6H2/t9-/m1/s1. The van der Waals surface area contributed by atoms with Gasteiger partial charge in [0.2, 0.25) is 0 Å². The summed E-state index contributed by atoms with van der Waals surface area (Å²) in [4.78, 5) is 0. The lowest BCUT2D eigenvalue weighted by Crippen LogP contribution is -2.41. The van der Waals surface area contributed by atoms with Crippen LogP contribution in [0.4, 0.5) is 13.2 Å². The van der Waals surface area contributed by atoms with Crippen molar-refractivity contribution in [1.29, 1.82) is 5.26 Å². The van der Waals surface area contributed by atoms with Gasteiger partial charge in [-0.15, -0.1) is 0 Å². The molecule has 0 spiro atoms. The van der Waals surface area contributed by atoms with Gasteiger partial charge in [-0.25, -0.2) is 0 Å². The summed E-state index contributed by atoms with van der Waals surface area (Å²) >= 11 is 0. The number of aliphatic hydroxyl groups is 1. The fourth-order valence-corrected chi connectivity index (χ4v) is 1.19. The van der Waals surface area contributed by atoms with Crippen molar-refractivity contribution in [2.45, 2.75) is 18.2 Å². The Labute approximate surface area is 84.6 Å². The molecule has 1 rings (SSSR count). The number of benzene rings is 1. The number of nitrogens with zero attached hydrogens (tertiary/aromatic N) is 1. The largest absolute Gasteiger partial charge is 0.422 e. The molecule has 80 valence electrons. The van der Waals surface area contributed by atoms with Crippen molar-refractivity contribution in [2.24, 2.45) is 0 Å². The fraction of sp³-hybridized carbons (Fsp3) is 0.300. The molecule has 0 radical (unpaired) electrons. The van der Waals surface area contributed by atoms with Crippen LogP contribution in [0.25, 0.3) is 0 Å². The molecule has 0 aromatic heterocycles. The highest BCUT2D eigenvalue weighted by Crippen LogP contribution is 2.41. The average molecular weight is 215 g/mol. The third kappa shape index (κ3) is 2.10. The minimum Gasteiger partial charge on any atom is -0.375 e. The highest BCUT2D eigenvalue weighted by Gasteiger charge is 2.54. The van der Waals surface area contributed by atoms with Gasteiger partial charge in [0.15, 0.2) is 5.60 Å². The van der Waals surface area contributed by atoms with Gasteiger partial charge in [-0.05, 0) is 5.56 Å². The average Bonchev–Trinajstić information content (AvgIpc) is 2.18. The zero-order chi connectivity index (χ0) is 11.5. The predicted octanol–water partition coefficient (Wildman–Crippen LogP) is 2.35. The minimum absolute atomic E-state index is 0.320. The van der Waals surface area contributed by atoms with Crippen LogP contribution in [0.2, 0.25) is 0 Å². The number of nitriles is 1. The van der Waals surface area contributed by atoms with Crippen LogP contribution in [-0.4, -0.2) is 11.3 Å². The van der Waals surface area contributed by atoms with Crippen LogP contribution in [0.3, 0.4) is 0 Å². The molecule has 1 aromatic rings. The molecular weight excluding hydrogens is 207 g/mol. The molecule has 15 heavy (non-hydrogen) atoms. The first-order valence-electron chi connectivity index (χ1n) is 4.13. The van der Waals surface area contributed by atoms with Crippen LogP contribution in [0.15, 0.2) is 30.3 Å². The number of alkyl halides is 3. The van der Waals surface area contributed by atoms with Gasteiger partial charge in [-0.2, -0.15) is 18.4 Å². The molecule has 1 N–H and O–H groups in total. The van der Waals surface area contributed by atoms with Crippen molar-refractivity contribution in [3.05, 3.63) is 35.9 Å². The zero-order valence-electron chi connectivity index (χ0n) is 7.62. The monoisotopic (exact) mass is 215 g/mol. The summed E-state index contributed by atoms with van der Waals surface area (Å²) in [7, 11) is 0. The van der Waals surface area contributed by atoms with Crippen molar-refractivity contribution in [3.8, 4) is 6.07 Å². The molecular formula is C10H8F3NO. The summed E-state index contributed by atoms with van der Waals surface area (Å²) in [5.74, 6) is 0. The topological polar surface area (TPSA) is 44.0 Å². The summed E-state index contributed by atoms with van der Waals surface area (Å²) in [6.45, 7) is 0. The molecule has 0 aliphatic carbocycles. The first kappa shape index (κ1) is 11.5. The summed E-state index contributed by atoms with van der Waals surface area (Å²) < 4.78 is 37.7. The molecule has 0 aliphatic rings. The van der Waals surface area contributed by atoms with E-state index >= 15 is 0 Å². The smallest absolute Gasteiger partial charge is 0.375 e. The second-order valence-corrected chi connectivity index (χ2v) is 3.06. The minimum atomic E-state index is -4.86. The third-order valence-electron chi connectivity index (χ3n) is 2.06. The van der Waals surface area contributed by atoms with E-state index in [1.807, 2.05) is 0 Å². The van der Waals surface area contributed by atoms with E-state index < -0.39 is 18.2 Å². The van der Waals surface area contributed by atoms with Gasteiger partial charge in [0, 0.05) is 0 Å². The lowest BCUT2D eigenvalue weighted by Gasteiger charge is -2.28. The summed E-state index contributed by atoms with van der Waals surface area (Å²) in [6, 6.07) is 7.92. The Morgan fingerprint density at radius 1 is 1.20 bits per heavy atom. The van der Waals surface area contributed by atoms with Gasteiger partial charge in [-0.1, -0.05) is 30.3 Å². The van der Waals surface area contributed by atoms with Crippen LogP contribution in [0.1, 0.15) is 12.0 Å². The molecule has 2 nitrogen and oxygen atoms in total. The van der Waals surface area contributed by atoms with Gasteiger partial charge >= 0.3 is 6.18 Å². The van der Waals surface area contributed by atoms with Crippen LogP contribution in [0.5, 0.6) is 0 Å². The second-order valence-electron chi connectivity index (χ2n) is 3.06. The van der Waals surface area contributed by atoms with Crippen molar-refractivity contribution in [1.82, 2.24) is 0 Å². The highest BCUT2D eigenvalue weighted by molar-refractivity contribution is 5.25. The first-order chi connectivity index (χ1) is 6.92. The lowest BCUT2D eigenvalue weighted by molar-refractivity contribution is -0.264. The maximum absolute atomic E-state index is 12.6. The van der Waals surface area contributed by atoms with Crippen LogP contribution in [-0.2, 0) is 5.60 Å². The van der Waals surface area contributed by atoms with E-state index in [1.165, 1.54) is 24.3 Å². The number of rotatable bonds is 2. The molecule has 5 heteroatoms. The van der Waals surface area contributed by atoms with Crippen molar-refractivity contribution in [2.75, 3.05) is 0 Å². The fourth-order valence-electron chi connectivity index (χ4n) is 1.19. The lowest BCUT2D eigenvalue weighted by atomic mass is 9.90. The van der Waals surface area contributed by atoms with Crippen LogP contribution >= 0.6 is 0 Å². The zero-order valence-corrected chi connectivity index (χ0v) is 7.62. The van der Waals surface area contributed by atoms with Gasteiger partial charge in [0.1, 0.15) is 0 Å². The Morgan fingerprint density at radius 3 is 2.13 bits per heavy atom. The maximum atomic E-state index is 12.6. The van der Waals surface area contributed by atoms with Gasteiger partial charge in [0.05, 0.1) is 12.5 Å². The van der Waals surface area contributed by atoms with Crippen molar-refractivity contribution in [3.63, 3.8) is 0 Å². The Bertz CT molecular complexity index is 368. The van der Waals surface area contributed by atoms with E-state index in [2.05, 4.69) is 0 Å². The van der Waals surface area contributed by atoms with E-state index in [9.17, 15) is 18.3 Å². The Hall–Kier alpha value is -1.54. The van der Waals surface area contributed by atoms with E-state index in [4.69, 9.17) is 5.26 Å². The Balaban J connectivity index is 3.20. The molecule has 1 atom stereocenters. The summed E-state index contributed by atoms with van der Waals surface area (Å²) in [6.07, 6.45) is -5.87. The van der Waals surface area contributed by atoms with Crippen LogP contribution in [0, 0.1) is 11.3 Å². The third-order valence-corrected chi connectivity index (χ3v) is 2.06. The highest BCUT2D eigenvalue weighted by atomic mass is 19.4. The van der Waals surface area contributed by atoms with Gasteiger partial charge in [-0.3, -0.25) is 0 Å². The Kier molecular flexibility index (Phi) is 3.01. The van der Waals surface area contributed by atoms with Gasteiger partial charge in [0.25, 0.3) is 0 Å². The molecule has 0 saturated carbocycles. The summed E-state index contributed by atoms with van der Waals surface area (Å²) in [5.41, 5.74) is -3.40. The quantitative estimate of drug-likeness (QED) is 0.822. The Morgan fingerprint density at radius 2 is 1.73 bits per heavy atom. The molecule has 1 aromatic carbocycles. The molecule has 0 amide bonds. The molecule has 0 fully saturated rings. The SMILES string of the molecule is N#CC[C@@](O)(c1ccccc1)C(F)(F)F. The van der Waals surface area contributed by atoms with E-state index in [0.29, 0.717) is 0 Å². The van der Waals surface area contributed by atoms with E-state index in [1.54, 1.807) is 0 Å². The van der Waals surface area contributed by atoms with Gasteiger partial charge < -0.3 is 5.11 Å². The molecule has 0 saturated heterocycles. The number of halogens is 3. The molecule has 0 unspecified atom stereocenters. The normalized spacial score (nSPS) is 15.4. The number of hydrogen-bond donors (Lipinski definition) is 1. The second kappa shape index (κ2) is 3.91. The maximum Gasteiger partial charge on any atom is 0.422 e. The van der Waals surface area contributed by atoms with Crippen molar-refractivity contribution >= 4 is 0 Å². The molecule has 0 bridgehead atoms. The molecule has 0 heterocycles. The predicted molar refractivity (Wildman–Crippen MR) is 46.6 cm³/mol. The number of hydrogen-bond acceptors (Lipinski definition) is 2. The van der Waals surface area contributed by atoms with Crippen LogP contribution < -0.4 is 0 Å². The van der Waals surface area contributed by atoms with E-state index in [0.717, 1.165) is 12.1 Å².